The number of urea groups is 1. The quantitative estimate of drug-likeness (QED) is 0.746. The number of hydrogen-bond acceptors (Lipinski definition) is 2. The highest BCUT2D eigenvalue weighted by molar-refractivity contribution is 5.86. The normalized spacial score (nSPS) is 36.2. The first-order valence-electron chi connectivity index (χ1n) is 8.27. The van der Waals surface area contributed by atoms with Crippen molar-refractivity contribution >= 4 is 12.0 Å². The minimum absolute atomic E-state index is 0.192. The predicted octanol–water partition coefficient (Wildman–Crippen LogP) is 2.90. The summed E-state index contributed by atoms with van der Waals surface area (Å²) in [6.45, 7) is 4.32. The van der Waals surface area contributed by atoms with E-state index in [0.29, 0.717) is 24.7 Å². The van der Waals surface area contributed by atoms with Crippen LogP contribution in [0.3, 0.4) is 0 Å². The van der Waals surface area contributed by atoms with Gasteiger partial charge in [-0.3, -0.25) is 0 Å². The molecule has 5 heteroatoms. The number of rotatable bonds is 4. The molecule has 2 saturated carbocycles. The summed E-state index contributed by atoms with van der Waals surface area (Å²) in [6, 6.07) is -0.121. The van der Waals surface area contributed by atoms with Crippen molar-refractivity contribution in [2.75, 3.05) is 0 Å². The van der Waals surface area contributed by atoms with Crippen molar-refractivity contribution in [2.45, 2.75) is 76.8 Å². The van der Waals surface area contributed by atoms with Crippen LogP contribution in [0.15, 0.2) is 0 Å². The molecule has 0 saturated heterocycles. The number of aliphatic carboxylic acids is 1. The lowest BCUT2D eigenvalue weighted by molar-refractivity contribution is -0.146. The molecule has 0 spiro atoms. The molecule has 2 unspecified atom stereocenters. The highest BCUT2D eigenvalue weighted by atomic mass is 16.4. The van der Waals surface area contributed by atoms with Crippen LogP contribution in [0.5, 0.6) is 0 Å². The molecule has 0 aromatic heterocycles. The molecule has 2 atom stereocenters. The van der Waals surface area contributed by atoms with Crippen LogP contribution < -0.4 is 10.6 Å². The van der Waals surface area contributed by atoms with Crippen LogP contribution in [-0.2, 0) is 4.79 Å². The standard InChI is InChI=1S/C16H28N2O3/c1-3-12-6-8-16(9-7-12,14(19)20)18-15(21)17-13-5-4-11(2)10-13/h11-13H,3-10H2,1-2H3,(H,19,20)(H2,17,18,21). The first-order chi connectivity index (χ1) is 9.95. The Labute approximate surface area is 126 Å². The molecule has 0 radical (unpaired) electrons. The maximum atomic E-state index is 12.1. The molecule has 5 nitrogen and oxygen atoms in total. The van der Waals surface area contributed by atoms with E-state index < -0.39 is 11.5 Å². The average Bonchev–Trinajstić information content (AvgIpc) is 2.84. The number of hydrogen-bond donors (Lipinski definition) is 3. The van der Waals surface area contributed by atoms with Crippen LogP contribution in [0.2, 0.25) is 0 Å². The molecule has 2 rings (SSSR count). The second-order valence-corrected chi connectivity index (χ2v) is 6.95. The van der Waals surface area contributed by atoms with Crippen LogP contribution in [0.1, 0.15) is 65.2 Å². The zero-order valence-corrected chi connectivity index (χ0v) is 13.2. The molecular formula is C16H28N2O3. The zero-order chi connectivity index (χ0) is 15.5. The van der Waals surface area contributed by atoms with Gasteiger partial charge in [0, 0.05) is 6.04 Å². The highest BCUT2D eigenvalue weighted by Gasteiger charge is 2.43. The van der Waals surface area contributed by atoms with Gasteiger partial charge in [0.2, 0.25) is 0 Å². The molecule has 0 aromatic rings. The molecule has 2 amide bonds. The van der Waals surface area contributed by atoms with E-state index in [1.165, 1.54) is 0 Å². The zero-order valence-electron chi connectivity index (χ0n) is 13.2. The van der Waals surface area contributed by atoms with Crippen LogP contribution in [0.4, 0.5) is 4.79 Å². The molecule has 21 heavy (non-hydrogen) atoms. The Morgan fingerprint density at radius 1 is 1.19 bits per heavy atom. The monoisotopic (exact) mass is 296 g/mol. The average molecular weight is 296 g/mol. The second kappa shape index (κ2) is 6.67. The van der Waals surface area contributed by atoms with E-state index in [1.54, 1.807) is 0 Å². The summed E-state index contributed by atoms with van der Waals surface area (Å²) in [6.07, 6.45) is 7.03. The Morgan fingerprint density at radius 3 is 2.33 bits per heavy atom. The van der Waals surface area contributed by atoms with E-state index in [-0.39, 0.29) is 12.1 Å². The van der Waals surface area contributed by atoms with E-state index in [2.05, 4.69) is 24.5 Å². The Balaban J connectivity index is 1.90. The van der Waals surface area contributed by atoms with Gasteiger partial charge in [-0.1, -0.05) is 20.3 Å². The Bertz CT molecular complexity index is 389. The van der Waals surface area contributed by atoms with Gasteiger partial charge in [0.25, 0.3) is 0 Å². The van der Waals surface area contributed by atoms with Crippen molar-refractivity contribution < 1.29 is 14.7 Å². The maximum Gasteiger partial charge on any atom is 0.329 e. The van der Waals surface area contributed by atoms with Gasteiger partial charge < -0.3 is 15.7 Å². The largest absolute Gasteiger partial charge is 0.480 e. The fraction of sp³-hybridized carbons (Fsp3) is 0.875. The SMILES string of the molecule is CCC1CCC(NC(=O)NC2CCC(C)C2)(C(=O)O)CC1. The predicted molar refractivity (Wildman–Crippen MR) is 81.1 cm³/mol. The van der Waals surface area contributed by atoms with Gasteiger partial charge in [-0.15, -0.1) is 0 Å². The Kier molecular flexibility index (Phi) is 5.12. The molecule has 2 aliphatic rings. The molecular weight excluding hydrogens is 268 g/mol. The third-order valence-corrected chi connectivity index (χ3v) is 5.33. The molecule has 120 valence electrons. The molecule has 0 aromatic carbocycles. The number of amides is 2. The van der Waals surface area contributed by atoms with Crippen LogP contribution in [-0.4, -0.2) is 28.7 Å². The van der Waals surface area contributed by atoms with Gasteiger partial charge in [-0.25, -0.2) is 9.59 Å². The highest BCUT2D eigenvalue weighted by Crippen LogP contribution is 2.34. The summed E-state index contributed by atoms with van der Waals surface area (Å²) in [5.41, 5.74) is -1.07. The van der Waals surface area contributed by atoms with E-state index >= 15 is 0 Å². The van der Waals surface area contributed by atoms with Crippen molar-refractivity contribution in [1.82, 2.24) is 10.6 Å². The summed E-state index contributed by atoms with van der Waals surface area (Å²) in [5, 5.41) is 15.3. The summed E-state index contributed by atoms with van der Waals surface area (Å²) in [7, 11) is 0. The summed E-state index contributed by atoms with van der Waals surface area (Å²) >= 11 is 0. The molecule has 0 aliphatic heterocycles. The van der Waals surface area contributed by atoms with Crippen molar-refractivity contribution in [3.05, 3.63) is 0 Å². The van der Waals surface area contributed by atoms with Crippen molar-refractivity contribution in [2.24, 2.45) is 11.8 Å². The van der Waals surface area contributed by atoms with Crippen LogP contribution >= 0.6 is 0 Å². The number of carbonyl (C=O) groups is 2. The molecule has 2 aliphatic carbocycles. The van der Waals surface area contributed by atoms with E-state index in [1.807, 2.05) is 0 Å². The summed E-state index contributed by atoms with van der Waals surface area (Å²) in [5.74, 6) is 0.341. The number of carboxylic acid groups (broad SMARTS) is 1. The smallest absolute Gasteiger partial charge is 0.329 e. The van der Waals surface area contributed by atoms with Crippen molar-refractivity contribution in [3.8, 4) is 0 Å². The molecule has 0 heterocycles. The fourth-order valence-corrected chi connectivity index (χ4v) is 3.75. The number of nitrogens with one attached hydrogen (secondary N) is 2. The van der Waals surface area contributed by atoms with E-state index in [9.17, 15) is 14.7 Å². The third kappa shape index (κ3) is 3.89. The van der Waals surface area contributed by atoms with Crippen molar-refractivity contribution in [1.29, 1.82) is 0 Å². The van der Waals surface area contributed by atoms with Gasteiger partial charge in [0.05, 0.1) is 0 Å². The minimum atomic E-state index is -1.07. The second-order valence-electron chi connectivity index (χ2n) is 6.95. The topological polar surface area (TPSA) is 78.4 Å². The van der Waals surface area contributed by atoms with Crippen LogP contribution in [0.25, 0.3) is 0 Å². The molecule has 0 bridgehead atoms. The van der Waals surface area contributed by atoms with Gasteiger partial charge in [0.1, 0.15) is 5.54 Å². The van der Waals surface area contributed by atoms with Gasteiger partial charge in [-0.2, -0.15) is 0 Å². The van der Waals surface area contributed by atoms with Gasteiger partial charge >= 0.3 is 12.0 Å². The van der Waals surface area contributed by atoms with E-state index in [0.717, 1.165) is 38.5 Å². The first kappa shape index (κ1) is 16.1. The lowest BCUT2D eigenvalue weighted by Gasteiger charge is -2.37. The maximum absolute atomic E-state index is 12.1. The van der Waals surface area contributed by atoms with Crippen molar-refractivity contribution in [3.63, 3.8) is 0 Å². The van der Waals surface area contributed by atoms with E-state index in [4.69, 9.17) is 0 Å². The lowest BCUT2D eigenvalue weighted by atomic mass is 9.75. The number of carboxylic acids is 1. The first-order valence-corrected chi connectivity index (χ1v) is 8.27. The molecule has 2 fully saturated rings. The Morgan fingerprint density at radius 2 is 1.86 bits per heavy atom. The Hall–Kier alpha value is -1.26. The number of carbonyl (C=O) groups excluding carboxylic acids is 1. The fourth-order valence-electron chi connectivity index (χ4n) is 3.75. The lowest BCUT2D eigenvalue weighted by Crippen LogP contribution is -2.59. The van der Waals surface area contributed by atoms with Crippen LogP contribution in [0, 0.1) is 11.8 Å². The summed E-state index contributed by atoms with van der Waals surface area (Å²) in [4.78, 5) is 23.8. The van der Waals surface area contributed by atoms with Gasteiger partial charge in [0.15, 0.2) is 0 Å². The molecule has 3 N–H and O–H groups in total. The summed E-state index contributed by atoms with van der Waals surface area (Å²) < 4.78 is 0. The third-order valence-electron chi connectivity index (χ3n) is 5.33. The minimum Gasteiger partial charge on any atom is -0.480 e. The van der Waals surface area contributed by atoms with Gasteiger partial charge in [-0.05, 0) is 56.8 Å².